The zero-order valence-electron chi connectivity index (χ0n) is 11.3. The van der Waals surface area contributed by atoms with Gasteiger partial charge >= 0.3 is 0 Å². The van der Waals surface area contributed by atoms with E-state index in [9.17, 15) is 5.11 Å². The van der Waals surface area contributed by atoms with Gasteiger partial charge in [-0.15, -0.1) is 0 Å². The molecule has 0 saturated carbocycles. The van der Waals surface area contributed by atoms with Crippen molar-refractivity contribution in [2.75, 3.05) is 0 Å². The van der Waals surface area contributed by atoms with Crippen LogP contribution in [-0.2, 0) is 18.2 Å². The molecule has 1 atom stereocenters. The van der Waals surface area contributed by atoms with Gasteiger partial charge in [0.15, 0.2) is 0 Å². The molecule has 1 unspecified atom stereocenters. The molecule has 4 heteroatoms. The van der Waals surface area contributed by atoms with Gasteiger partial charge in [0.1, 0.15) is 0 Å². The SMILES string of the molecule is Cn1cc(CC2(O)CC(C)(C)OC2(C)C)cn1. The molecular weight excluding hydrogens is 216 g/mol. The normalized spacial score (nSPS) is 30.7. The topological polar surface area (TPSA) is 47.3 Å². The lowest BCUT2D eigenvalue weighted by Crippen LogP contribution is -2.47. The third kappa shape index (κ3) is 2.24. The second-order valence-corrected chi connectivity index (χ2v) is 6.28. The highest BCUT2D eigenvalue weighted by molar-refractivity contribution is 5.16. The van der Waals surface area contributed by atoms with Gasteiger partial charge in [0, 0.05) is 26.1 Å². The molecule has 96 valence electrons. The Hall–Kier alpha value is -0.870. The van der Waals surface area contributed by atoms with Crippen LogP contribution < -0.4 is 0 Å². The Morgan fingerprint density at radius 3 is 2.47 bits per heavy atom. The first-order valence-electron chi connectivity index (χ1n) is 6.04. The number of aryl methyl sites for hydroxylation is 1. The van der Waals surface area contributed by atoms with Gasteiger partial charge in [-0.05, 0) is 33.3 Å². The Balaban J connectivity index is 2.24. The summed E-state index contributed by atoms with van der Waals surface area (Å²) in [5.74, 6) is 0. The average Bonchev–Trinajstić information content (AvgIpc) is 2.52. The molecule has 1 aliphatic rings. The summed E-state index contributed by atoms with van der Waals surface area (Å²) < 4.78 is 7.71. The smallest absolute Gasteiger partial charge is 0.0999 e. The van der Waals surface area contributed by atoms with Crippen molar-refractivity contribution in [2.24, 2.45) is 7.05 Å². The van der Waals surface area contributed by atoms with Crippen molar-refractivity contribution in [1.82, 2.24) is 9.78 Å². The highest BCUT2D eigenvalue weighted by Crippen LogP contribution is 2.46. The van der Waals surface area contributed by atoms with E-state index in [4.69, 9.17) is 4.74 Å². The fourth-order valence-electron chi connectivity index (χ4n) is 2.92. The number of aliphatic hydroxyl groups is 1. The molecule has 0 bridgehead atoms. The standard InChI is InChI=1S/C13H22N2O2/c1-11(2)9-13(16,12(3,4)17-11)6-10-7-14-15(5)8-10/h7-8,16H,6,9H2,1-5H3. The van der Waals surface area contributed by atoms with Crippen LogP contribution in [-0.4, -0.2) is 31.7 Å². The number of rotatable bonds is 2. The van der Waals surface area contributed by atoms with Crippen LogP contribution in [0, 0.1) is 0 Å². The van der Waals surface area contributed by atoms with E-state index >= 15 is 0 Å². The molecule has 4 nitrogen and oxygen atoms in total. The summed E-state index contributed by atoms with van der Waals surface area (Å²) in [5.41, 5.74) is -0.601. The first-order chi connectivity index (χ1) is 7.64. The zero-order chi connectivity index (χ0) is 12.9. The molecule has 0 radical (unpaired) electrons. The van der Waals surface area contributed by atoms with E-state index in [-0.39, 0.29) is 5.60 Å². The molecule has 0 aliphatic carbocycles. The van der Waals surface area contributed by atoms with E-state index < -0.39 is 11.2 Å². The Morgan fingerprint density at radius 1 is 1.41 bits per heavy atom. The third-order valence-electron chi connectivity index (χ3n) is 3.63. The van der Waals surface area contributed by atoms with Crippen LogP contribution in [0.1, 0.15) is 39.7 Å². The van der Waals surface area contributed by atoms with Gasteiger partial charge in [0.25, 0.3) is 0 Å². The van der Waals surface area contributed by atoms with E-state index in [0.717, 1.165) is 5.56 Å². The van der Waals surface area contributed by atoms with E-state index in [1.807, 2.05) is 40.9 Å². The summed E-state index contributed by atoms with van der Waals surface area (Å²) in [7, 11) is 1.88. The molecule has 0 spiro atoms. The predicted octanol–water partition coefficient (Wildman–Crippen LogP) is 1.67. The summed E-state index contributed by atoms with van der Waals surface area (Å²) in [4.78, 5) is 0. The number of ether oxygens (including phenoxy) is 1. The van der Waals surface area contributed by atoms with E-state index in [1.165, 1.54) is 0 Å². The lowest BCUT2D eigenvalue weighted by Gasteiger charge is -2.34. The van der Waals surface area contributed by atoms with E-state index in [2.05, 4.69) is 5.10 Å². The highest BCUT2D eigenvalue weighted by Gasteiger charge is 2.56. The fourth-order valence-corrected chi connectivity index (χ4v) is 2.92. The monoisotopic (exact) mass is 238 g/mol. The van der Waals surface area contributed by atoms with E-state index in [1.54, 1.807) is 10.9 Å². The molecule has 1 aliphatic heterocycles. The van der Waals surface area contributed by atoms with Crippen LogP contribution >= 0.6 is 0 Å². The lowest BCUT2D eigenvalue weighted by molar-refractivity contribution is -0.125. The quantitative estimate of drug-likeness (QED) is 0.852. The van der Waals surface area contributed by atoms with Gasteiger partial charge in [0.2, 0.25) is 0 Å². The molecule has 2 rings (SSSR count). The van der Waals surface area contributed by atoms with Crippen molar-refractivity contribution in [3.63, 3.8) is 0 Å². The molecule has 2 heterocycles. The molecule has 1 aromatic heterocycles. The van der Waals surface area contributed by atoms with Crippen LogP contribution in [0.5, 0.6) is 0 Å². The molecule has 1 saturated heterocycles. The maximum Gasteiger partial charge on any atom is 0.0999 e. The van der Waals surface area contributed by atoms with E-state index in [0.29, 0.717) is 12.8 Å². The van der Waals surface area contributed by atoms with Gasteiger partial charge in [-0.3, -0.25) is 4.68 Å². The van der Waals surface area contributed by atoms with Crippen molar-refractivity contribution >= 4 is 0 Å². The second-order valence-electron chi connectivity index (χ2n) is 6.28. The minimum Gasteiger partial charge on any atom is -0.386 e. The fraction of sp³-hybridized carbons (Fsp3) is 0.769. The Kier molecular flexibility index (Phi) is 2.64. The van der Waals surface area contributed by atoms with Crippen LogP contribution in [0.2, 0.25) is 0 Å². The van der Waals surface area contributed by atoms with Crippen molar-refractivity contribution in [3.8, 4) is 0 Å². The molecule has 1 aromatic rings. The number of aromatic nitrogens is 2. The Bertz CT molecular complexity index is 423. The summed E-state index contributed by atoms with van der Waals surface area (Å²) in [6, 6.07) is 0. The number of hydrogen-bond donors (Lipinski definition) is 1. The minimum absolute atomic E-state index is 0.277. The highest BCUT2D eigenvalue weighted by atomic mass is 16.5. The van der Waals surface area contributed by atoms with Gasteiger partial charge < -0.3 is 9.84 Å². The molecular formula is C13H22N2O2. The van der Waals surface area contributed by atoms with Gasteiger partial charge in [-0.2, -0.15) is 5.10 Å². The van der Waals surface area contributed by atoms with Crippen molar-refractivity contribution < 1.29 is 9.84 Å². The summed E-state index contributed by atoms with van der Waals surface area (Å²) >= 11 is 0. The minimum atomic E-state index is -0.834. The summed E-state index contributed by atoms with van der Waals surface area (Å²) in [6.45, 7) is 7.96. The number of nitrogens with zero attached hydrogens (tertiary/aromatic N) is 2. The number of hydrogen-bond acceptors (Lipinski definition) is 3. The lowest BCUT2D eigenvalue weighted by atomic mass is 9.78. The molecule has 0 amide bonds. The van der Waals surface area contributed by atoms with Crippen molar-refractivity contribution in [2.45, 2.75) is 57.3 Å². The average molecular weight is 238 g/mol. The van der Waals surface area contributed by atoms with Crippen LogP contribution in [0.15, 0.2) is 12.4 Å². The molecule has 0 aromatic carbocycles. The van der Waals surface area contributed by atoms with Gasteiger partial charge in [-0.25, -0.2) is 0 Å². The van der Waals surface area contributed by atoms with Gasteiger partial charge in [-0.1, -0.05) is 0 Å². The summed E-state index contributed by atoms with van der Waals surface area (Å²) in [5, 5.41) is 15.0. The zero-order valence-corrected chi connectivity index (χ0v) is 11.3. The van der Waals surface area contributed by atoms with Crippen LogP contribution in [0.4, 0.5) is 0 Å². The third-order valence-corrected chi connectivity index (χ3v) is 3.63. The maximum atomic E-state index is 10.9. The Morgan fingerprint density at radius 2 is 2.06 bits per heavy atom. The Labute approximate surface area is 103 Å². The summed E-state index contributed by atoms with van der Waals surface area (Å²) in [6.07, 6.45) is 4.97. The second kappa shape index (κ2) is 3.56. The molecule has 17 heavy (non-hydrogen) atoms. The van der Waals surface area contributed by atoms with Crippen molar-refractivity contribution in [3.05, 3.63) is 18.0 Å². The van der Waals surface area contributed by atoms with Crippen LogP contribution in [0.25, 0.3) is 0 Å². The first kappa shape index (κ1) is 12.6. The largest absolute Gasteiger partial charge is 0.386 e. The van der Waals surface area contributed by atoms with Gasteiger partial charge in [0.05, 0.1) is 23.0 Å². The molecule has 1 fully saturated rings. The van der Waals surface area contributed by atoms with Crippen molar-refractivity contribution in [1.29, 1.82) is 0 Å². The van der Waals surface area contributed by atoms with Crippen LogP contribution in [0.3, 0.4) is 0 Å². The maximum absolute atomic E-state index is 10.9. The predicted molar refractivity (Wildman–Crippen MR) is 65.7 cm³/mol. The first-order valence-corrected chi connectivity index (χ1v) is 6.04. The molecule has 1 N–H and O–H groups in total.